The Hall–Kier alpha value is -0.692. The number of carbonyl (C=O) groups is 2. The molecule has 4 atom stereocenters. The molecule has 1 saturated heterocycles. The van der Waals surface area contributed by atoms with Gasteiger partial charge in [-0.1, -0.05) is 136 Å². The molecule has 0 bridgehead atoms. The standard InChI is InChI=1S/C21H38O3Si.C21H38O2Si.2C2H8Si/c1-8-9-10-11-12-19-21(24-19,25(5,6)7)15-16-13-17(14-18(16)22)23-20(2,3)4;1-8-9-10-11-12-13-19(24(5,6)7)15-17-14-18(16-20(17)22)23-21(2,3)4;2*1-3-2/h13,17,19H,8-12,14-15H2,1-7H3;13-14,18H,8-12,15-16H2,1-7H3;2*3H2,1-2H3/b;19-13-;;. The lowest BCUT2D eigenvalue weighted by molar-refractivity contribution is -0.119. The van der Waals surface area contributed by atoms with Crippen LogP contribution in [0.5, 0.6) is 0 Å². The number of allylic oxidation sites excluding steroid dienone is 3. The molecular formula is C46H92O5Si4. The lowest BCUT2D eigenvalue weighted by Gasteiger charge is -2.27. The van der Waals surface area contributed by atoms with E-state index in [0.29, 0.717) is 38.0 Å². The SMILES string of the molecule is CCCCCC/C=C(/CC1=CC(OC(C)(C)C)CC1=O)[Si](C)(C)C.CCCCCCC1OC1(CC1=CC(OC(C)(C)C)CC1=O)[Si](C)(C)C.C[SiH2]C.C[SiH2]C. The van der Waals surface area contributed by atoms with E-state index in [9.17, 15) is 9.59 Å². The van der Waals surface area contributed by atoms with E-state index in [1.54, 1.807) is 0 Å². The van der Waals surface area contributed by atoms with Crippen molar-refractivity contribution in [3.63, 3.8) is 0 Å². The zero-order chi connectivity index (χ0) is 42.7. The Labute approximate surface area is 349 Å². The first-order chi connectivity index (χ1) is 25.3. The highest BCUT2D eigenvalue weighted by Gasteiger charge is 2.63. The van der Waals surface area contributed by atoms with Crippen molar-refractivity contribution < 1.29 is 23.8 Å². The zero-order valence-corrected chi connectivity index (χ0v) is 44.6. The Morgan fingerprint density at radius 1 is 0.745 bits per heavy atom. The first-order valence-corrected chi connectivity index (χ1v) is 35.2. The number of hydrogen-bond acceptors (Lipinski definition) is 5. The maximum atomic E-state index is 12.5. The Kier molecular flexibility index (Phi) is 25.4. The molecule has 9 heteroatoms. The van der Waals surface area contributed by atoms with Gasteiger partial charge in [-0.2, -0.15) is 0 Å². The van der Waals surface area contributed by atoms with Crippen LogP contribution < -0.4 is 0 Å². The van der Waals surface area contributed by atoms with Gasteiger partial charge in [0.25, 0.3) is 0 Å². The van der Waals surface area contributed by atoms with Crippen molar-refractivity contribution in [2.75, 3.05) is 0 Å². The average molecular weight is 838 g/mol. The summed E-state index contributed by atoms with van der Waals surface area (Å²) >= 11 is 0. The van der Waals surface area contributed by atoms with Crippen LogP contribution >= 0.6 is 0 Å². The third-order valence-electron chi connectivity index (χ3n) is 9.92. The van der Waals surface area contributed by atoms with Crippen molar-refractivity contribution in [1.29, 1.82) is 0 Å². The van der Waals surface area contributed by atoms with Gasteiger partial charge in [-0.05, 0) is 90.5 Å². The van der Waals surface area contributed by atoms with E-state index in [0.717, 1.165) is 36.8 Å². The molecule has 0 amide bonds. The lowest BCUT2D eigenvalue weighted by Crippen LogP contribution is -2.44. The van der Waals surface area contributed by atoms with Gasteiger partial charge in [-0.15, -0.1) is 0 Å². The molecule has 0 N–H and O–H groups in total. The van der Waals surface area contributed by atoms with Crippen LogP contribution in [-0.2, 0) is 23.8 Å². The van der Waals surface area contributed by atoms with Gasteiger partial charge < -0.3 is 14.2 Å². The summed E-state index contributed by atoms with van der Waals surface area (Å²) in [5, 5.41) is 1.48. The number of ketones is 2. The largest absolute Gasteiger partial charge is 0.370 e. The van der Waals surface area contributed by atoms with E-state index in [2.05, 4.69) is 97.5 Å². The first-order valence-electron chi connectivity index (χ1n) is 22.5. The number of ether oxygens (including phenoxy) is 3. The molecule has 0 aromatic carbocycles. The minimum Gasteiger partial charge on any atom is -0.370 e. The minimum atomic E-state index is -1.53. The summed E-state index contributed by atoms with van der Waals surface area (Å²) in [5.41, 5.74) is 1.51. The summed E-state index contributed by atoms with van der Waals surface area (Å²) in [6, 6.07) is 0. The fourth-order valence-electron chi connectivity index (χ4n) is 7.08. The Morgan fingerprint density at radius 2 is 1.18 bits per heavy atom. The van der Waals surface area contributed by atoms with E-state index in [1.807, 2.05) is 41.5 Å². The molecule has 3 aliphatic rings. The summed E-state index contributed by atoms with van der Waals surface area (Å²) < 4.78 is 18.3. The van der Waals surface area contributed by atoms with Crippen LogP contribution in [0.2, 0.25) is 65.5 Å². The maximum absolute atomic E-state index is 12.5. The number of rotatable bonds is 18. The molecule has 1 fully saturated rings. The van der Waals surface area contributed by atoms with Crippen LogP contribution in [0.15, 0.2) is 34.6 Å². The molecule has 1 aliphatic heterocycles. The number of unbranched alkanes of at least 4 members (excludes halogenated alkanes) is 7. The van der Waals surface area contributed by atoms with Crippen LogP contribution in [0.1, 0.15) is 145 Å². The highest BCUT2D eigenvalue weighted by molar-refractivity contribution is 6.83. The second-order valence-corrected chi connectivity index (χ2v) is 33.7. The molecule has 55 heavy (non-hydrogen) atoms. The molecule has 1 heterocycles. The third-order valence-corrected chi connectivity index (χ3v) is 15.4. The molecule has 0 aromatic rings. The molecule has 0 aromatic heterocycles. The molecule has 0 spiro atoms. The van der Waals surface area contributed by atoms with Gasteiger partial charge in [0.1, 0.15) is 0 Å². The van der Waals surface area contributed by atoms with E-state index in [4.69, 9.17) is 14.2 Å². The second-order valence-electron chi connectivity index (χ2n) is 20.4. The van der Waals surface area contributed by atoms with Gasteiger partial charge in [0.15, 0.2) is 11.6 Å². The smallest absolute Gasteiger partial charge is 0.161 e. The molecule has 2 aliphatic carbocycles. The average Bonchev–Trinajstić information content (AvgIpc) is 3.49. The number of hydrogen-bond donors (Lipinski definition) is 0. The van der Waals surface area contributed by atoms with Crippen molar-refractivity contribution in [3.05, 3.63) is 34.6 Å². The fraction of sp³-hybridized carbons (Fsp3) is 0.826. The van der Waals surface area contributed by atoms with Gasteiger partial charge in [0, 0.05) is 38.3 Å². The Bertz CT molecular complexity index is 1210. The maximum Gasteiger partial charge on any atom is 0.161 e. The second kappa shape index (κ2) is 25.7. The van der Waals surface area contributed by atoms with Crippen molar-refractivity contribution >= 4 is 46.8 Å². The molecule has 5 nitrogen and oxygen atoms in total. The quantitative estimate of drug-likeness (QED) is 0.0782. The summed E-state index contributed by atoms with van der Waals surface area (Å²) in [6.45, 7) is 40.1. The molecule has 0 radical (unpaired) electrons. The van der Waals surface area contributed by atoms with Crippen molar-refractivity contribution in [1.82, 2.24) is 0 Å². The van der Waals surface area contributed by atoms with E-state index >= 15 is 0 Å². The van der Waals surface area contributed by atoms with Gasteiger partial charge in [0.05, 0.1) is 50.9 Å². The van der Waals surface area contributed by atoms with Gasteiger partial charge in [0.2, 0.25) is 0 Å². The monoisotopic (exact) mass is 837 g/mol. The summed E-state index contributed by atoms with van der Waals surface area (Å²) in [5.74, 6) is 0.534. The van der Waals surface area contributed by atoms with E-state index < -0.39 is 16.1 Å². The highest BCUT2D eigenvalue weighted by Crippen LogP contribution is 2.52. The Morgan fingerprint density at radius 3 is 1.60 bits per heavy atom. The van der Waals surface area contributed by atoms with Crippen molar-refractivity contribution in [2.24, 2.45) is 0 Å². The molecule has 4 unspecified atom stereocenters. The summed E-state index contributed by atoms with van der Waals surface area (Å²) in [7, 11) is -2.09. The van der Waals surface area contributed by atoms with Gasteiger partial charge >= 0.3 is 0 Å². The molecule has 322 valence electrons. The Balaban J connectivity index is 0.000000928. The van der Waals surface area contributed by atoms with Crippen LogP contribution in [0.4, 0.5) is 0 Å². The highest BCUT2D eigenvalue weighted by atomic mass is 28.3. The molecule has 3 rings (SSSR count). The third kappa shape index (κ3) is 22.3. The van der Waals surface area contributed by atoms with Crippen LogP contribution in [0, 0.1) is 0 Å². The van der Waals surface area contributed by atoms with Crippen molar-refractivity contribution in [2.45, 2.75) is 245 Å². The predicted octanol–water partition coefficient (Wildman–Crippen LogP) is 12.2. The van der Waals surface area contributed by atoms with E-state index in [-0.39, 0.29) is 40.2 Å². The number of Topliss-reactive ketones (excluding diaryl/α,β-unsaturated/α-hetero) is 2. The van der Waals surface area contributed by atoms with E-state index in [1.165, 1.54) is 56.6 Å². The van der Waals surface area contributed by atoms with Gasteiger partial charge in [-0.3, -0.25) is 9.59 Å². The van der Waals surface area contributed by atoms with Crippen LogP contribution in [-0.4, -0.2) is 81.5 Å². The van der Waals surface area contributed by atoms with Crippen molar-refractivity contribution in [3.8, 4) is 0 Å². The summed E-state index contributed by atoms with van der Waals surface area (Å²) in [4.78, 5) is 24.9. The molecule has 0 saturated carbocycles. The molecular weight excluding hydrogens is 745 g/mol. The topological polar surface area (TPSA) is 65.1 Å². The minimum absolute atomic E-state index is 0.0417. The van der Waals surface area contributed by atoms with Crippen LogP contribution in [0.3, 0.4) is 0 Å². The zero-order valence-electron chi connectivity index (χ0n) is 39.8. The number of carbonyl (C=O) groups excluding carboxylic acids is 2. The summed E-state index contributed by atoms with van der Waals surface area (Å²) in [6.07, 6.45) is 22.1. The van der Waals surface area contributed by atoms with Crippen LogP contribution in [0.25, 0.3) is 0 Å². The number of epoxide rings is 1. The first kappa shape index (κ1) is 54.3. The predicted molar refractivity (Wildman–Crippen MR) is 254 cm³/mol. The van der Waals surface area contributed by atoms with Gasteiger partial charge in [-0.25, -0.2) is 0 Å². The normalized spacial score (nSPS) is 22.9. The fourth-order valence-corrected chi connectivity index (χ4v) is 10.9. The lowest BCUT2D eigenvalue weighted by atomic mass is 10.0.